The predicted molar refractivity (Wildman–Crippen MR) is 77.3 cm³/mol. The highest BCUT2D eigenvalue weighted by Crippen LogP contribution is 2.36. The number of rotatable bonds is 5. The van der Waals surface area contributed by atoms with Crippen LogP contribution in [0, 0.1) is 0 Å². The molecule has 0 unspecified atom stereocenters. The second-order valence-electron chi connectivity index (χ2n) is 6.38. The molecule has 19 heavy (non-hydrogen) atoms. The van der Waals surface area contributed by atoms with Crippen LogP contribution in [0.15, 0.2) is 0 Å². The van der Waals surface area contributed by atoms with E-state index in [1.54, 1.807) is 7.11 Å². The Kier molecular flexibility index (Phi) is 5.63. The number of methoxy groups -OCH3 is 1. The first-order chi connectivity index (χ1) is 9.14. The van der Waals surface area contributed by atoms with Crippen molar-refractivity contribution in [2.75, 3.05) is 33.4 Å². The van der Waals surface area contributed by atoms with Gasteiger partial charge in [-0.05, 0) is 45.4 Å². The lowest BCUT2D eigenvalue weighted by molar-refractivity contribution is -0.0402. The molecular weight excluding hydrogens is 240 g/mol. The zero-order chi connectivity index (χ0) is 13.7. The molecule has 0 aromatic carbocycles. The third-order valence-corrected chi connectivity index (χ3v) is 4.95. The summed E-state index contributed by atoms with van der Waals surface area (Å²) in [5.74, 6) is 0. The van der Waals surface area contributed by atoms with Crippen LogP contribution >= 0.6 is 0 Å². The Balaban J connectivity index is 1.74. The highest BCUT2D eigenvalue weighted by atomic mass is 16.5. The van der Waals surface area contributed by atoms with Crippen LogP contribution in [0.3, 0.4) is 0 Å². The number of likely N-dealkylation sites (tertiary alicyclic amines) is 1. The summed E-state index contributed by atoms with van der Waals surface area (Å²) < 4.78 is 10.9. The molecule has 0 radical (unpaired) electrons. The molecule has 0 bridgehead atoms. The van der Waals surface area contributed by atoms with Gasteiger partial charge in [0.25, 0.3) is 0 Å². The standard InChI is InChI=1S/C15H30N2O2/c1-15(17-9-5-13(16)6-10-17)7-3-14(4-8-15)19-12-11-18-2/h13-14H,3-12,16H2,1-2H3. The Labute approximate surface area is 117 Å². The maximum atomic E-state index is 6.00. The SMILES string of the molecule is COCCOC1CCC(C)(N2CCC(N)CC2)CC1. The highest BCUT2D eigenvalue weighted by Gasteiger charge is 2.37. The molecule has 1 saturated heterocycles. The summed E-state index contributed by atoms with van der Waals surface area (Å²) in [6, 6.07) is 0.425. The maximum Gasteiger partial charge on any atom is 0.0704 e. The first-order valence-electron chi connectivity index (χ1n) is 7.75. The van der Waals surface area contributed by atoms with Crippen molar-refractivity contribution in [1.82, 2.24) is 4.90 Å². The average molecular weight is 270 g/mol. The predicted octanol–water partition coefficient (Wildman–Crippen LogP) is 1.77. The van der Waals surface area contributed by atoms with E-state index < -0.39 is 0 Å². The molecule has 2 rings (SSSR count). The van der Waals surface area contributed by atoms with Crippen LogP contribution in [0.25, 0.3) is 0 Å². The zero-order valence-corrected chi connectivity index (χ0v) is 12.6. The summed E-state index contributed by atoms with van der Waals surface area (Å²) in [6.45, 7) is 6.21. The number of nitrogens with zero attached hydrogens (tertiary/aromatic N) is 1. The molecule has 4 heteroatoms. The molecule has 2 fully saturated rings. The van der Waals surface area contributed by atoms with Crippen LogP contribution in [-0.2, 0) is 9.47 Å². The van der Waals surface area contributed by atoms with Gasteiger partial charge in [0.2, 0.25) is 0 Å². The first-order valence-corrected chi connectivity index (χ1v) is 7.75. The molecule has 0 amide bonds. The number of hydrogen-bond acceptors (Lipinski definition) is 4. The second-order valence-corrected chi connectivity index (χ2v) is 6.38. The van der Waals surface area contributed by atoms with E-state index in [9.17, 15) is 0 Å². The topological polar surface area (TPSA) is 47.7 Å². The van der Waals surface area contributed by atoms with Crippen molar-refractivity contribution < 1.29 is 9.47 Å². The summed E-state index contributed by atoms with van der Waals surface area (Å²) in [4.78, 5) is 2.67. The normalized spacial score (nSPS) is 34.6. The van der Waals surface area contributed by atoms with Gasteiger partial charge in [-0.2, -0.15) is 0 Å². The lowest BCUT2D eigenvalue weighted by atomic mass is 9.79. The Morgan fingerprint density at radius 3 is 2.32 bits per heavy atom. The molecule has 1 aliphatic heterocycles. The van der Waals surface area contributed by atoms with Gasteiger partial charge in [-0.25, -0.2) is 0 Å². The van der Waals surface area contributed by atoms with Crippen molar-refractivity contribution in [1.29, 1.82) is 0 Å². The fraction of sp³-hybridized carbons (Fsp3) is 1.00. The molecule has 2 aliphatic rings. The molecule has 0 aromatic rings. The Hall–Kier alpha value is -0.160. The fourth-order valence-corrected chi connectivity index (χ4v) is 3.43. The van der Waals surface area contributed by atoms with Gasteiger partial charge in [-0.1, -0.05) is 0 Å². The third kappa shape index (κ3) is 4.15. The smallest absolute Gasteiger partial charge is 0.0704 e. The monoisotopic (exact) mass is 270 g/mol. The minimum absolute atomic E-state index is 0.376. The average Bonchev–Trinajstić information content (AvgIpc) is 2.42. The molecule has 4 nitrogen and oxygen atoms in total. The van der Waals surface area contributed by atoms with Crippen LogP contribution in [0.2, 0.25) is 0 Å². The first kappa shape index (κ1) is 15.2. The van der Waals surface area contributed by atoms with E-state index in [-0.39, 0.29) is 0 Å². The van der Waals surface area contributed by atoms with Gasteiger partial charge in [-0.15, -0.1) is 0 Å². The largest absolute Gasteiger partial charge is 0.382 e. The summed E-state index contributed by atoms with van der Waals surface area (Å²) in [6.07, 6.45) is 7.62. The van der Waals surface area contributed by atoms with Crippen LogP contribution in [0.5, 0.6) is 0 Å². The zero-order valence-electron chi connectivity index (χ0n) is 12.6. The molecule has 1 saturated carbocycles. The highest BCUT2D eigenvalue weighted by molar-refractivity contribution is 4.94. The fourth-order valence-electron chi connectivity index (χ4n) is 3.43. The van der Waals surface area contributed by atoms with Gasteiger partial charge in [0.05, 0.1) is 19.3 Å². The van der Waals surface area contributed by atoms with E-state index in [0.29, 0.717) is 24.3 Å². The van der Waals surface area contributed by atoms with Crippen molar-refractivity contribution in [3.05, 3.63) is 0 Å². The van der Waals surface area contributed by atoms with E-state index in [1.165, 1.54) is 38.8 Å². The van der Waals surface area contributed by atoms with Gasteiger partial charge < -0.3 is 15.2 Å². The van der Waals surface area contributed by atoms with Gasteiger partial charge in [0.15, 0.2) is 0 Å². The Morgan fingerprint density at radius 1 is 1.11 bits per heavy atom. The number of nitrogens with two attached hydrogens (primary N) is 1. The van der Waals surface area contributed by atoms with Crippen molar-refractivity contribution in [2.24, 2.45) is 5.73 Å². The molecule has 1 heterocycles. The lowest BCUT2D eigenvalue weighted by Gasteiger charge is -2.48. The van der Waals surface area contributed by atoms with E-state index in [2.05, 4.69) is 11.8 Å². The molecule has 0 spiro atoms. The molecule has 0 aromatic heterocycles. The molecular formula is C15H30N2O2. The number of ether oxygens (including phenoxy) is 2. The summed E-state index contributed by atoms with van der Waals surface area (Å²) >= 11 is 0. The number of hydrogen-bond donors (Lipinski definition) is 1. The summed E-state index contributed by atoms with van der Waals surface area (Å²) in [5, 5.41) is 0. The Morgan fingerprint density at radius 2 is 1.74 bits per heavy atom. The van der Waals surface area contributed by atoms with Crippen LogP contribution in [0.4, 0.5) is 0 Å². The minimum Gasteiger partial charge on any atom is -0.382 e. The lowest BCUT2D eigenvalue weighted by Crippen LogP contribution is -2.54. The van der Waals surface area contributed by atoms with E-state index in [1.807, 2.05) is 0 Å². The second kappa shape index (κ2) is 7.02. The summed E-state index contributed by atoms with van der Waals surface area (Å²) in [5.41, 5.74) is 6.38. The molecule has 1 aliphatic carbocycles. The third-order valence-electron chi connectivity index (χ3n) is 4.95. The summed E-state index contributed by atoms with van der Waals surface area (Å²) in [7, 11) is 1.72. The van der Waals surface area contributed by atoms with E-state index in [4.69, 9.17) is 15.2 Å². The quantitative estimate of drug-likeness (QED) is 0.774. The molecule has 2 N–H and O–H groups in total. The molecule has 0 atom stereocenters. The van der Waals surface area contributed by atoms with Crippen LogP contribution in [0.1, 0.15) is 45.4 Å². The van der Waals surface area contributed by atoms with E-state index >= 15 is 0 Å². The van der Waals surface area contributed by atoms with Gasteiger partial charge in [-0.3, -0.25) is 4.90 Å². The van der Waals surface area contributed by atoms with Crippen molar-refractivity contribution >= 4 is 0 Å². The Bertz CT molecular complexity index is 257. The van der Waals surface area contributed by atoms with Crippen molar-refractivity contribution in [3.8, 4) is 0 Å². The molecule has 112 valence electrons. The van der Waals surface area contributed by atoms with Gasteiger partial charge in [0.1, 0.15) is 0 Å². The minimum atomic E-state index is 0.376. The van der Waals surface area contributed by atoms with Crippen molar-refractivity contribution in [2.45, 2.75) is 63.1 Å². The van der Waals surface area contributed by atoms with Crippen LogP contribution < -0.4 is 5.73 Å². The maximum absolute atomic E-state index is 6.00. The van der Waals surface area contributed by atoms with Gasteiger partial charge >= 0.3 is 0 Å². The number of piperidine rings is 1. The van der Waals surface area contributed by atoms with Gasteiger partial charge in [0, 0.05) is 31.8 Å². The van der Waals surface area contributed by atoms with E-state index in [0.717, 1.165) is 19.4 Å². The van der Waals surface area contributed by atoms with Crippen molar-refractivity contribution in [3.63, 3.8) is 0 Å². The van der Waals surface area contributed by atoms with Crippen LogP contribution in [-0.4, -0.2) is 56.0 Å².